The van der Waals surface area contributed by atoms with E-state index in [-0.39, 0.29) is 30.1 Å². The molecule has 1 heterocycles. The van der Waals surface area contributed by atoms with E-state index < -0.39 is 0 Å². The summed E-state index contributed by atoms with van der Waals surface area (Å²) in [4.78, 5) is 4.91. The fraction of sp³-hybridized carbons (Fsp3) is 0.667. The Hall–Kier alpha value is -1.02. The predicted octanol–water partition coefficient (Wildman–Crippen LogP) is 3.76. The lowest BCUT2D eigenvalue weighted by atomic mass is 9.83. The molecular weight excluding hydrogens is 453 g/mol. The number of hydrogen-bond donors (Lipinski definition) is 2. The number of nitrogens with one attached hydrogen (secondary N) is 2. The number of nitrogens with zero attached hydrogens (tertiary/aromatic N) is 1. The van der Waals surface area contributed by atoms with Crippen LogP contribution in [0.1, 0.15) is 44.6 Å². The van der Waals surface area contributed by atoms with Crippen molar-refractivity contribution in [1.82, 2.24) is 10.6 Å². The number of hydrogen-bond acceptors (Lipinski definition) is 3. The van der Waals surface area contributed by atoms with Gasteiger partial charge in [0, 0.05) is 33.2 Å². The van der Waals surface area contributed by atoms with Gasteiger partial charge >= 0.3 is 0 Å². The average Bonchev–Trinajstić information content (AvgIpc) is 3.29. The SMILES string of the molecule is CCNC(=NCC1(CCOC)CCCC1)NCC1Cc2ccccc2O1.I. The van der Waals surface area contributed by atoms with Gasteiger partial charge in [-0.25, -0.2) is 0 Å². The van der Waals surface area contributed by atoms with E-state index in [1.807, 2.05) is 12.1 Å². The first-order valence-electron chi connectivity index (χ1n) is 10.0. The topological polar surface area (TPSA) is 54.9 Å². The Morgan fingerprint density at radius 3 is 2.74 bits per heavy atom. The van der Waals surface area contributed by atoms with Crippen LogP contribution in [0.5, 0.6) is 5.75 Å². The molecule has 1 aromatic rings. The highest BCUT2D eigenvalue weighted by atomic mass is 127. The third-order valence-electron chi connectivity index (χ3n) is 5.63. The maximum absolute atomic E-state index is 6.02. The van der Waals surface area contributed by atoms with Crippen LogP contribution in [0.15, 0.2) is 29.3 Å². The highest BCUT2D eigenvalue weighted by Crippen LogP contribution is 2.41. The van der Waals surface area contributed by atoms with Gasteiger partial charge in [0.1, 0.15) is 11.9 Å². The molecule has 1 fully saturated rings. The van der Waals surface area contributed by atoms with Gasteiger partial charge in [-0.1, -0.05) is 31.0 Å². The van der Waals surface area contributed by atoms with Crippen LogP contribution in [-0.4, -0.2) is 45.4 Å². The predicted molar refractivity (Wildman–Crippen MR) is 121 cm³/mol. The van der Waals surface area contributed by atoms with Crippen molar-refractivity contribution in [3.8, 4) is 5.75 Å². The summed E-state index contributed by atoms with van der Waals surface area (Å²) in [5.41, 5.74) is 1.61. The second-order valence-corrected chi connectivity index (χ2v) is 7.58. The second kappa shape index (κ2) is 11.1. The van der Waals surface area contributed by atoms with Crippen LogP contribution in [0.3, 0.4) is 0 Å². The van der Waals surface area contributed by atoms with Gasteiger partial charge in [0.05, 0.1) is 6.54 Å². The summed E-state index contributed by atoms with van der Waals surface area (Å²) in [6.45, 7) is 5.44. The minimum Gasteiger partial charge on any atom is -0.488 e. The molecular formula is C21H34IN3O2. The van der Waals surface area contributed by atoms with Crippen molar-refractivity contribution in [2.45, 2.75) is 51.6 Å². The van der Waals surface area contributed by atoms with Crippen LogP contribution in [-0.2, 0) is 11.2 Å². The maximum atomic E-state index is 6.02. The molecule has 6 heteroatoms. The Bertz CT molecular complexity index is 578. The number of methoxy groups -OCH3 is 1. The average molecular weight is 487 g/mol. The van der Waals surface area contributed by atoms with Crippen LogP contribution in [0.2, 0.25) is 0 Å². The highest BCUT2D eigenvalue weighted by molar-refractivity contribution is 14.0. The van der Waals surface area contributed by atoms with Gasteiger partial charge in [0.15, 0.2) is 5.96 Å². The van der Waals surface area contributed by atoms with Gasteiger partial charge in [0.2, 0.25) is 0 Å². The largest absolute Gasteiger partial charge is 0.488 e. The first-order valence-corrected chi connectivity index (χ1v) is 10.0. The lowest BCUT2D eigenvalue weighted by Crippen LogP contribution is -2.43. The van der Waals surface area contributed by atoms with Crippen LogP contribution >= 0.6 is 24.0 Å². The van der Waals surface area contributed by atoms with Crippen LogP contribution in [0.4, 0.5) is 0 Å². The van der Waals surface area contributed by atoms with Gasteiger partial charge in [-0.05, 0) is 43.2 Å². The molecule has 1 aliphatic carbocycles. The number of rotatable bonds is 8. The summed E-state index contributed by atoms with van der Waals surface area (Å²) >= 11 is 0. The zero-order valence-electron chi connectivity index (χ0n) is 16.6. The Labute approximate surface area is 180 Å². The number of guanidine groups is 1. The normalized spacial score (nSPS) is 20.5. The lowest BCUT2D eigenvalue weighted by Gasteiger charge is -2.27. The molecule has 0 radical (unpaired) electrons. The van der Waals surface area contributed by atoms with Crippen LogP contribution in [0.25, 0.3) is 0 Å². The number of aliphatic imine (C=N–C) groups is 1. The van der Waals surface area contributed by atoms with E-state index in [0.29, 0.717) is 5.41 Å². The zero-order chi connectivity index (χ0) is 18.2. The Kier molecular flexibility index (Phi) is 9.15. The van der Waals surface area contributed by atoms with Crippen molar-refractivity contribution in [2.24, 2.45) is 10.4 Å². The fourth-order valence-electron chi connectivity index (χ4n) is 4.10. The molecule has 0 saturated heterocycles. The van der Waals surface area contributed by atoms with Crippen LogP contribution < -0.4 is 15.4 Å². The summed E-state index contributed by atoms with van der Waals surface area (Å²) in [5, 5.41) is 6.85. The molecule has 0 spiro atoms. The van der Waals surface area contributed by atoms with Gasteiger partial charge in [-0.15, -0.1) is 24.0 Å². The molecule has 5 nitrogen and oxygen atoms in total. The zero-order valence-corrected chi connectivity index (χ0v) is 19.0. The smallest absolute Gasteiger partial charge is 0.191 e. The third kappa shape index (κ3) is 6.24. The Morgan fingerprint density at radius 1 is 1.26 bits per heavy atom. The van der Waals surface area contributed by atoms with Crippen LogP contribution in [0, 0.1) is 5.41 Å². The van der Waals surface area contributed by atoms with E-state index in [2.05, 4.69) is 29.7 Å². The summed E-state index contributed by atoms with van der Waals surface area (Å²) < 4.78 is 11.4. The third-order valence-corrected chi connectivity index (χ3v) is 5.63. The molecule has 1 aromatic carbocycles. The first kappa shape index (κ1) is 22.3. The standard InChI is InChI=1S/C21H33N3O2.HI/c1-3-22-20(24-16-21(12-13-25-2)10-6-7-11-21)23-15-18-14-17-8-4-5-9-19(17)26-18;/h4-5,8-9,18H,3,6-7,10-16H2,1-2H3,(H2,22,23,24);1H. The van der Waals surface area contributed by atoms with E-state index in [1.165, 1.54) is 31.2 Å². The summed E-state index contributed by atoms with van der Waals surface area (Å²) in [6, 6.07) is 8.30. The van der Waals surface area contributed by atoms with Crippen molar-refractivity contribution >= 4 is 29.9 Å². The molecule has 1 aliphatic heterocycles. The molecule has 0 bridgehead atoms. The second-order valence-electron chi connectivity index (χ2n) is 7.58. The Morgan fingerprint density at radius 2 is 2.04 bits per heavy atom. The van der Waals surface area contributed by atoms with Gasteiger partial charge in [0.25, 0.3) is 0 Å². The van der Waals surface area contributed by atoms with Crippen molar-refractivity contribution in [3.63, 3.8) is 0 Å². The minimum absolute atomic E-state index is 0. The molecule has 27 heavy (non-hydrogen) atoms. The van der Waals surface area contributed by atoms with Gasteiger partial charge in [-0.2, -0.15) is 0 Å². The van der Waals surface area contributed by atoms with Gasteiger partial charge < -0.3 is 20.1 Å². The summed E-state index contributed by atoms with van der Waals surface area (Å²) in [7, 11) is 1.79. The lowest BCUT2D eigenvalue weighted by molar-refractivity contribution is 0.141. The van der Waals surface area contributed by atoms with E-state index in [0.717, 1.165) is 50.8 Å². The maximum Gasteiger partial charge on any atom is 0.191 e. The number of halogens is 1. The van der Waals surface area contributed by atoms with Crippen molar-refractivity contribution in [2.75, 3.05) is 33.4 Å². The van der Waals surface area contributed by atoms with Crippen molar-refractivity contribution in [1.29, 1.82) is 0 Å². The molecule has 3 rings (SSSR count). The summed E-state index contributed by atoms with van der Waals surface area (Å²) in [5.74, 6) is 1.92. The summed E-state index contributed by atoms with van der Waals surface area (Å²) in [6.07, 6.45) is 7.40. The molecule has 0 aromatic heterocycles. The number of ether oxygens (including phenoxy) is 2. The first-order chi connectivity index (χ1) is 12.7. The monoisotopic (exact) mass is 487 g/mol. The molecule has 152 valence electrons. The fourth-order valence-corrected chi connectivity index (χ4v) is 4.10. The number of benzene rings is 1. The molecule has 0 amide bonds. The molecule has 1 unspecified atom stereocenters. The van der Waals surface area contributed by atoms with Crippen molar-refractivity contribution < 1.29 is 9.47 Å². The molecule has 2 N–H and O–H groups in total. The minimum atomic E-state index is 0. The molecule has 1 atom stereocenters. The van der Waals surface area contributed by atoms with E-state index in [1.54, 1.807) is 7.11 Å². The Balaban J connectivity index is 0.00000261. The number of para-hydroxylation sites is 1. The number of fused-ring (bicyclic) bond motifs is 1. The van der Waals surface area contributed by atoms with E-state index >= 15 is 0 Å². The van der Waals surface area contributed by atoms with Crippen molar-refractivity contribution in [3.05, 3.63) is 29.8 Å². The van der Waals surface area contributed by atoms with E-state index in [9.17, 15) is 0 Å². The van der Waals surface area contributed by atoms with Gasteiger partial charge in [-0.3, -0.25) is 4.99 Å². The highest BCUT2D eigenvalue weighted by Gasteiger charge is 2.33. The quantitative estimate of drug-likeness (QED) is 0.333. The molecule has 1 saturated carbocycles. The van der Waals surface area contributed by atoms with E-state index in [4.69, 9.17) is 14.5 Å². The molecule has 2 aliphatic rings.